The molecule has 1 atom stereocenters. The van der Waals surface area contributed by atoms with E-state index in [-0.39, 0.29) is 11.9 Å². The van der Waals surface area contributed by atoms with Gasteiger partial charge >= 0.3 is 0 Å². The molecule has 0 bridgehead atoms. The Morgan fingerprint density at radius 1 is 1.47 bits per heavy atom. The number of benzene rings is 1. The van der Waals surface area contributed by atoms with Gasteiger partial charge in [0.2, 0.25) is 5.91 Å². The summed E-state index contributed by atoms with van der Waals surface area (Å²) in [5.41, 5.74) is 1.36. The molecule has 1 aliphatic rings. The van der Waals surface area contributed by atoms with Crippen LogP contribution in [0.5, 0.6) is 5.75 Å². The maximum absolute atomic E-state index is 11.7. The monoisotopic (exact) mass is 261 g/mol. The van der Waals surface area contributed by atoms with Crippen LogP contribution in [0.25, 0.3) is 11.1 Å². The van der Waals surface area contributed by atoms with Crippen molar-refractivity contribution in [2.75, 3.05) is 20.2 Å². The average Bonchev–Trinajstić information content (AvgIpc) is 2.83. The highest BCUT2D eigenvalue weighted by Crippen LogP contribution is 2.25. The van der Waals surface area contributed by atoms with Crippen LogP contribution in [0, 0.1) is 0 Å². The molecule has 1 saturated heterocycles. The molecule has 1 aromatic carbocycles. The number of carbonyl (C=O) groups is 1. The largest absolute Gasteiger partial charge is 0.494 e. The van der Waals surface area contributed by atoms with Crippen LogP contribution < -0.4 is 15.4 Å². The SMILES string of the molecule is COc1cccc2oc(CC3NCCNC3=O)nc12. The van der Waals surface area contributed by atoms with Crippen LogP contribution >= 0.6 is 0 Å². The average molecular weight is 261 g/mol. The Balaban J connectivity index is 1.87. The Bertz CT molecular complexity index is 608. The molecule has 2 aromatic rings. The first kappa shape index (κ1) is 12.0. The number of methoxy groups -OCH3 is 1. The summed E-state index contributed by atoms with van der Waals surface area (Å²) < 4.78 is 10.9. The number of rotatable bonds is 3. The lowest BCUT2D eigenvalue weighted by molar-refractivity contribution is -0.124. The number of hydrogen-bond donors (Lipinski definition) is 2. The van der Waals surface area contributed by atoms with Gasteiger partial charge in [-0.05, 0) is 12.1 Å². The van der Waals surface area contributed by atoms with Gasteiger partial charge in [-0.3, -0.25) is 4.79 Å². The van der Waals surface area contributed by atoms with Gasteiger partial charge in [-0.15, -0.1) is 0 Å². The van der Waals surface area contributed by atoms with E-state index in [1.165, 1.54) is 0 Å². The fourth-order valence-corrected chi connectivity index (χ4v) is 2.21. The van der Waals surface area contributed by atoms with Crippen LogP contribution in [0.15, 0.2) is 22.6 Å². The lowest BCUT2D eigenvalue weighted by Crippen LogP contribution is -2.53. The van der Waals surface area contributed by atoms with Gasteiger partial charge in [0.1, 0.15) is 5.75 Å². The van der Waals surface area contributed by atoms with Crippen molar-refractivity contribution >= 4 is 17.0 Å². The van der Waals surface area contributed by atoms with E-state index in [2.05, 4.69) is 15.6 Å². The Morgan fingerprint density at radius 2 is 2.37 bits per heavy atom. The summed E-state index contributed by atoms with van der Waals surface area (Å²) in [5.74, 6) is 1.20. The van der Waals surface area contributed by atoms with E-state index in [0.717, 1.165) is 6.54 Å². The van der Waals surface area contributed by atoms with Crippen LogP contribution in [-0.2, 0) is 11.2 Å². The van der Waals surface area contributed by atoms with Crippen molar-refractivity contribution in [2.24, 2.45) is 0 Å². The number of nitrogens with zero attached hydrogens (tertiary/aromatic N) is 1. The van der Waals surface area contributed by atoms with E-state index >= 15 is 0 Å². The van der Waals surface area contributed by atoms with Crippen molar-refractivity contribution in [2.45, 2.75) is 12.5 Å². The first-order valence-electron chi connectivity index (χ1n) is 6.21. The third-order valence-electron chi connectivity index (χ3n) is 3.16. The molecule has 6 nitrogen and oxygen atoms in total. The number of amides is 1. The summed E-state index contributed by atoms with van der Waals surface area (Å²) in [5, 5.41) is 5.96. The van der Waals surface area contributed by atoms with Gasteiger partial charge in [0.05, 0.1) is 13.2 Å². The molecule has 3 rings (SSSR count). The molecular weight excluding hydrogens is 246 g/mol. The minimum atomic E-state index is -0.284. The van der Waals surface area contributed by atoms with E-state index in [1.807, 2.05) is 18.2 Å². The predicted octanol–water partition coefficient (Wildman–Crippen LogP) is 0.467. The summed E-state index contributed by atoms with van der Waals surface area (Å²) >= 11 is 0. The van der Waals surface area contributed by atoms with Crippen molar-refractivity contribution in [1.29, 1.82) is 0 Å². The Labute approximate surface area is 110 Å². The molecule has 0 saturated carbocycles. The molecule has 0 radical (unpaired) electrons. The lowest BCUT2D eigenvalue weighted by atomic mass is 10.1. The number of fused-ring (bicyclic) bond motifs is 1. The third kappa shape index (κ3) is 2.26. The lowest BCUT2D eigenvalue weighted by Gasteiger charge is -2.22. The van der Waals surface area contributed by atoms with E-state index in [1.54, 1.807) is 7.11 Å². The zero-order valence-corrected chi connectivity index (χ0v) is 10.6. The molecule has 19 heavy (non-hydrogen) atoms. The molecule has 6 heteroatoms. The fraction of sp³-hybridized carbons (Fsp3) is 0.385. The van der Waals surface area contributed by atoms with Crippen molar-refractivity contribution < 1.29 is 13.9 Å². The zero-order chi connectivity index (χ0) is 13.2. The number of aromatic nitrogens is 1. The molecule has 0 aliphatic carbocycles. The molecular formula is C13H15N3O3. The summed E-state index contributed by atoms with van der Waals surface area (Å²) in [6, 6.07) is 5.23. The number of carbonyl (C=O) groups excluding carboxylic acids is 1. The maximum Gasteiger partial charge on any atom is 0.237 e. The van der Waals surface area contributed by atoms with Gasteiger partial charge in [-0.2, -0.15) is 0 Å². The smallest absolute Gasteiger partial charge is 0.237 e. The molecule has 1 amide bonds. The minimum Gasteiger partial charge on any atom is -0.494 e. The summed E-state index contributed by atoms with van der Waals surface area (Å²) in [6.07, 6.45) is 0.434. The fourth-order valence-electron chi connectivity index (χ4n) is 2.21. The molecule has 2 N–H and O–H groups in total. The van der Waals surface area contributed by atoms with Gasteiger partial charge in [0.25, 0.3) is 0 Å². The Kier molecular flexibility index (Phi) is 3.08. The van der Waals surface area contributed by atoms with Crippen molar-refractivity contribution in [3.63, 3.8) is 0 Å². The normalized spacial score (nSPS) is 19.4. The molecule has 2 heterocycles. The number of nitrogens with one attached hydrogen (secondary N) is 2. The molecule has 1 fully saturated rings. The third-order valence-corrected chi connectivity index (χ3v) is 3.16. The first-order chi connectivity index (χ1) is 9.28. The molecule has 1 aliphatic heterocycles. The molecule has 1 aromatic heterocycles. The van der Waals surface area contributed by atoms with Gasteiger partial charge in [0, 0.05) is 19.5 Å². The van der Waals surface area contributed by atoms with Gasteiger partial charge in [0.15, 0.2) is 17.0 Å². The highest BCUT2D eigenvalue weighted by Gasteiger charge is 2.24. The van der Waals surface area contributed by atoms with Crippen LogP contribution in [0.4, 0.5) is 0 Å². The standard InChI is InChI=1S/C13H15N3O3/c1-18-9-3-2-4-10-12(9)16-11(19-10)7-8-13(17)15-6-5-14-8/h2-4,8,14H,5-7H2,1H3,(H,15,17). The number of piperazine rings is 1. The summed E-state index contributed by atoms with van der Waals surface area (Å²) in [7, 11) is 1.60. The quantitative estimate of drug-likeness (QED) is 0.839. The van der Waals surface area contributed by atoms with Crippen LogP contribution in [-0.4, -0.2) is 37.1 Å². The number of para-hydroxylation sites is 1. The number of oxazole rings is 1. The van der Waals surface area contributed by atoms with Crippen molar-refractivity contribution in [1.82, 2.24) is 15.6 Å². The van der Waals surface area contributed by atoms with Crippen LogP contribution in [0.1, 0.15) is 5.89 Å². The first-order valence-corrected chi connectivity index (χ1v) is 6.21. The molecule has 100 valence electrons. The second-order valence-electron chi connectivity index (χ2n) is 4.42. The highest BCUT2D eigenvalue weighted by molar-refractivity contribution is 5.83. The maximum atomic E-state index is 11.7. The van der Waals surface area contributed by atoms with E-state index in [9.17, 15) is 4.79 Å². The second kappa shape index (κ2) is 4.89. The minimum absolute atomic E-state index is 0.0135. The van der Waals surface area contributed by atoms with E-state index < -0.39 is 0 Å². The topological polar surface area (TPSA) is 76.4 Å². The van der Waals surface area contributed by atoms with E-state index in [0.29, 0.717) is 35.7 Å². The highest BCUT2D eigenvalue weighted by atomic mass is 16.5. The summed E-state index contributed by atoms with van der Waals surface area (Å²) in [4.78, 5) is 16.1. The predicted molar refractivity (Wildman–Crippen MR) is 69.1 cm³/mol. The Morgan fingerprint density at radius 3 is 3.16 bits per heavy atom. The van der Waals surface area contributed by atoms with Gasteiger partial charge in [-0.1, -0.05) is 6.07 Å². The Hall–Kier alpha value is -2.08. The van der Waals surface area contributed by atoms with Crippen molar-refractivity contribution in [3.8, 4) is 5.75 Å². The van der Waals surface area contributed by atoms with Crippen molar-refractivity contribution in [3.05, 3.63) is 24.1 Å². The molecule has 1 unspecified atom stereocenters. The van der Waals surface area contributed by atoms with Gasteiger partial charge < -0.3 is 19.8 Å². The van der Waals surface area contributed by atoms with Crippen LogP contribution in [0.3, 0.4) is 0 Å². The second-order valence-corrected chi connectivity index (χ2v) is 4.42. The van der Waals surface area contributed by atoms with Gasteiger partial charge in [-0.25, -0.2) is 4.98 Å². The van der Waals surface area contributed by atoms with E-state index in [4.69, 9.17) is 9.15 Å². The number of hydrogen-bond acceptors (Lipinski definition) is 5. The van der Waals surface area contributed by atoms with Crippen LogP contribution in [0.2, 0.25) is 0 Å². The molecule has 0 spiro atoms. The summed E-state index contributed by atoms with van der Waals surface area (Å²) in [6.45, 7) is 1.43. The zero-order valence-electron chi connectivity index (χ0n) is 10.6. The number of ether oxygens (including phenoxy) is 1.